The molecule has 0 aliphatic rings. The first kappa shape index (κ1) is 16.0. The van der Waals surface area contributed by atoms with Gasteiger partial charge in [-0.15, -0.1) is 0 Å². The third kappa shape index (κ3) is 3.63. The monoisotopic (exact) mass is 556 g/mol. The van der Waals surface area contributed by atoms with E-state index in [4.69, 9.17) is 0 Å². The van der Waals surface area contributed by atoms with Crippen molar-refractivity contribution in [3.8, 4) is 0 Å². The van der Waals surface area contributed by atoms with Gasteiger partial charge in [-0.05, 0) is 83.0 Å². The highest BCUT2D eigenvalue weighted by molar-refractivity contribution is 14.1. The van der Waals surface area contributed by atoms with Crippen molar-refractivity contribution in [3.63, 3.8) is 0 Å². The minimum Gasteiger partial charge on any atom is -0.0786 e. The molecule has 0 saturated carbocycles. The highest BCUT2D eigenvalue weighted by Gasteiger charge is 2.17. The van der Waals surface area contributed by atoms with Crippen molar-refractivity contribution < 1.29 is 0 Å². The number of halogens is 4. The maximum absolute atomic E-state index is 3.85. The van der Waals surface area contributed by atoms with Gasteiger partial charge in [-0.1, -0.05) is 53.9 Å². The molecule has 2 aromatic rings. The first-order valence-electron chi connectivity index (χ1n) is 5.76. The van der Waals surface area contributed by atoms with E-state index < -0.39 is 0 Å². The van der Waals surface area contributed by atoms with Gasteiger partial charge in [0.15, 0.2) is 0 Å². The van der Waals surface area contributed by atoms with Crippen LogP contribution in [-0.2, 0) is 0 Å². The molecule has 4 heteroatoms. The van der Waals surface area contributed by atoms with Gasteiger partial charge in [-0.2, -0.15) is 0 Å². The molecule has 0 N–H and O–H groups in total. The molecule has 2 aromatic carbocycles. The minimum absolute atomic E-state index is 0.212. The summed E-state index contributed by atoms with van der Waals surface area (Å²) < 4.78 is 3.54. The van der Waals surface area contributed by atoms with Gasteiger partial charge in [-0.25, -0.2) is 0 Å². The van der Waals surface area contributed by atoms with Crippen molar-refractivity contribution in [2.24, 2.45) is 0 Å². The summed E-state index contributed by atoms with van der Waals surface area (Å²) in [6, 6.07) is 10.8. The smallest absolute Gasteiger partial charge is 0.0657 e. The van der Waals surface area contributed by atoms with E-state index in [9.17, 15) is 0 Å². The number of alkyl halides is 1. The zero-order valence-corrected chi connectivity index (χ0v) is 17.4. The molecule has 0 saturated heterocycles. The molecule has 19 heavy (non-hydrogen) atoms. The molecule has 0 bridgehead atoms. The van der Waals surface area contributed by atoms with Crippen LogP contribution in [0.1, 0.15) is 27.1 Å². The molecule has 0 heterocycles. The van der Waals surface area contributed by atoms with E-state index in [0.29, 0.717) is 0 Å². The van der Waals surface area contributed by atoms with Gasteiger partial charge < -0.3 is 0 Å². The van der Waals surface area contributed by atoms with Crippen LogP contribution < -0.4 is 0 Å². The van der Waals surface area contributed by atoms with E-state index in [1.807, 2.05) is 0 Å². The predicted octanol–water partition coefficient (Wildman–Crippen LogP) is 6.92. The zero-order chi connectivity index (χ0) is 14.2. The molecule has 0 spiro atoms. The standard InChI is InChI=1S/C15H12Br3I/c1-8-6-13(17)9(2)5-11(8)15(18)12-7-10(16)3-4-14(12)19/h3-7,15H,1-2H3. The van der Waals surface area contributed by atoms with Crippen LogP contribution in [0.25, 0.3) is 0 Å². The van der Waals surface area contributed by atoms with Crippen LogP contribution in [0.4, 0.5) is 0 Å². The summed E-state index contributed by atoms with van der Waals surface area (Å²) in [5.74, 6) is 0. The van der Waals surface area contributed by atoms with Crippen molar-refractivity contribution in [3.05, 3.63) is 65.1 Å². The summed E-state index contributed by atoms with van der Waals surface area (Å²) in [6.07, 6.45) is 0. The Labute approximate surface area is 152 Å². The number of aryl methyl sites for hydroxylation is 2. The zero-order valence-electron chi connectivity index (χ0n) is 10.5. The van der Waals surface area contributed by atoms with Gasteiger partial charge >= 0.3 is 0 Å². The third-order valence-corrected chi connectivity index (χ3v) is 6.37. The van der Waals surface area contributed by atoms with Crippen molar-refractivity contribution in [1.29, 1.82) is 0 Å². The summed E-state index contributed by atoms with van der Waals surface area (Å²) in [4.78, 5) is 0.212. The largest absolute Gasteiger partial charge is 0.0786 e. The quantitative estimate of drug-likeness (QED) is 0.277. The lowest BCUT2D eigenvalue weighted by molar-refractivity contribution is 1.11. The SMILES string of the molecule is Cc1cc(C(Br)c2cc(Br)ccc2I)c(C)cc1Br. The van der Waals surface area contributed by atoms with E-state index >= 15 is 0 Å². The van der Waals surface area contributed by atoms with Gasteiger partial charge in [0.05, 0.1) is 4.83 Å². The van der Waals surface area contributed by atoms with Gasteiger partial charge in [0.1, 0.15) is 0 Å². The molecular weight excluding hydrogens is 547 g/mol. The van der Waals surface area contributed by atoms with Gasteiger partial charge in [-0.3, -0.25) is 0 Å². The lowest BCUT2D eigenvalue weighted by atomic mass is 9.98. The second-order valence-corrected chi connectivity index (χ2v) is 8.33. The van der Waals surface area contributed by atoms with Crippen LogP contribution in [-0.4, -0.2) is 0 Å². The minimum atomic E-state index is 0.212. The Morgan fingerprint density at radius 3 is 2.32 bits per heavy atom. The van der Waals surface area contributed by atoms with E-state index in [-0.39, 0.29) is 4.83 Å². The molecule has 1 unspecified atom stereocenters. The summed E-state index contributed by atoms with van der Waals surface area (Å²) in [5, 5.41) is 0. The molecule has 1 atom stereocenters. The lowest BCUT2D eigenvalue weighted by Gasteiger charge is -2.17. The van der Waals surface area contributed by atoms with E-state index in [1.54, 1.807) is 0 Å². The second-order valence-electron chi connectivity index (χ2n) is 4.49. The average Bonchev–Trinajstić information content (AvgIpc) is 2.36. The number of benzene rings is 2. The fourth-order valence-corrected chi connectivity index (χ4v) is 4.74. The summed E-state index contributed by atoms with van der Waals surface area (Å²) in [6.45, 7) is 4.28. The molecule has 0 radical (unpaired) electrons. The Kier molecular flexibility index (Phi) is 5.54. The molecule has 0 fully saturated rings. The van der Waals surface area contributed by atoms with Crippen molar-refractivity contribution >= 4 is 70.4 Å². The fraction of sp³-hybridized carbons (Fsp3) is 0.200. The van der Waals surface area contributed by atoms with Gasteiger partial charge in [0.2, 0.25) is 0 Å². The predicted molar refractivity (Wildman–Crippen MR) is 101 cm³/mol. The molecule has 2 rings (SSSR count). The molecule has 0 aliphatic carbocycles. The molecule has 100 valence electrons. The van der Waals surface area contributed by atoms with E-state index in [2.05, 4.69) is 115 Å². The Morgan fingerprint density at radius 2 is 1.63 bits per heavy atom. The Balaban J connectivity index is 2.52. The number of hydrogen-bond acceptors (Lipinski definition) is 0. The summed E-state index contributed by atoms with van der Waals surface area (Å²) in [5.41, 5.74) is 5.15. The van der Waals surface area contributed by atoms with Crippen LogP contribution in [0.3, 0.4) is 0 Å². The van der Waals surface area contributed by atoms with Crippen molar-refractivity contribution in [1.82, 2.24) is 0 Å². The maximum Gasteiger partial charge on any atom is 0.0657 e. The Morgan fingerprint density at radius 1 is 0.947 bits per heavy atom. The molecule has 0 aliphatic heterocycles. The summed E-state index contributed by atoms with van der Waals surface area (Å²) in [7, 11) is 0. The topological polar surface area (TPSA) is 0 Å². The first-order valence-corrected chi connectivity index (χ1v) is 9.34. The van der Waals surface area contributed by atoms with Crippen molar-refractivity contribution in [2.45, 2.75) is 18.7 Å². The molecule has 0 amide bonds. The average molecular weight is 559 g/mol. The Bertz CT molecular complexity index is 623. The third-order valence-electron chi connectivity index (χ3n) is 3.05. The molecule has 0 nitrogen and oxygen atoms in total. The fourth-order valence-electron chi connectivity index (χ4n) is 1.95. The van der Waals surface area contributed by atoms with Crippen LogP contribution in [0.2, 0.25) is 0 Å². The second kappa shape index (κ2) is 6.58. The van der Waals surface area contributed by atoms with Crippen LogP contribution >= 0.6 is 70.4 Å². The normalized spacial score (nSPS) is 12.5. The highest BCUT2D eigenvalue weighted by atomic mass is 127. The lowest BCUT2D eigenvalue weighted by Crippen LogP contribution is -1.99. The van der Waals surface area contributed by atoms with Gasteiger partial charge in [0.25, 0.3) is 0 Å². The van der Waals surface area contributed by atoms with Crippen LogP contribution in [0, 0.1) is 17.4 Å². The van der Waals surface area contributed by atoms with Crippen LogP contribution in [0.15, 0.2) is 39.3 Å². The van der Waals surface area contributed by atoms with Crippen molar-refractivity contribution in [2.75, 3.05) is 0 Å². The van der Waals surface area contributed by atoms with E-state index in [0.717, 1.165) is 8.95 Å². The maximum atomic E-state index is 3.85. The first-order chi connectivity index (χ1) is 8.90. The summed E-state index contributed by atoms with van der Waals surface area (Å²) >= 11 is 13.4. The number of hydrogen-bond donors (Lipinski definition) is 0. The molecular formula is C15H12Br3I. The van der Waals surface area contributed by atoms with Gasteiger partial charge in [0, 0.05) is 12.5 Å². The Hall–Kier alpha value is 0.610. The number of rotatable bonds is 2. The van der Waals surface area contributed by atoms with E-state index in [1.165, 1.54) is 25.8 Å². The molecule has 0 aromatic heterocycles. The highest BCUT2D eigenvalue weighted by Crippen LogP contribution is 2.38. The van der Waals surface area contributed by atoms with Crippen LogP contribution in [0.5, 0.6) is 0 Å².